The first-order valence-corrected chi connectivity index (χ1v) is 11.0. The van der Waals surface area contributed by atoms with E-state index in [1.807, 2.05) is 57.2 Å². The van der Waals surface area contributed by atoms with Crippen molar-refractivity contribution in [2.45, 2.75) is 71.3 Å². The average molecular weight is 439 g/mol. The quantitative estimate of drug-likeness (QED) is 0.349. The minimum atomic E-state index is -0.867. The number of carboxylic acid groups (broad SMARTS) is 1. The number of aliphatic carboxylic acids is 1. The largest absolute Gasteiger partial charge is 0.481 e. The Morgan fingerprint density at radius 3 is 2.31 bits per heavy atom. The van der Waals surface area contributed by atoms with Gasteiger partial charge in [-0.05, 0) is 69.7 Å². The van der Waals surface area contributed by atoms with Gasteiger partial charge in [0.1, 0.15) is 28.5 Å². The number of rotatable bonds is 10. The Morgan fingerprint density at radius 2 is 1.75 bits per heavy atom. The van der Waals surface area contributed by atoms with Gasteiger partial charge in [0.2, 0.25) is 0 Å². The van der Waals surface area contributed by atoms with E-state index in [-0.39, 0.29) is 24.7 Å². The number of carbonyl (C=O) groups excluding carboxylic acids is 1. The smallest absolute Gasteiger partial charge is 0.306 e. The Hall–Kier alpha value is -3.22. The maximum atomic E-state index is 12.3. The molecule has 1 N–H and O–H groups in total. The number of para-hydroxylation sites is 1. The van der Waals surface area contributed by atoms with Gasteiger partial charge in [0.25, 0.3) is 0 Å². The predicted molar refractivity (Wildman–Crippen MR) is 121 cm³/mol. The van der Waals surface area contributed by atoms with Crippen LogP contribution in [0.4, 0.5) is 11.4 Å². The Morgan fingerprint density at radius 1 is 1.06 bits per heavy atom. The standard InChI is InChI=1S/C25H30N2O5/c1-5-16(12-14-21(30)32-25(2,3)4)22-19(31-18-9-7-6-8-10-18)15-17(11-13-20(28)29)23-24(22)27-26-23/h6-10,15-16H,5,11-14H2,1-4H3,(H,28,29). The van der Waals surface area contributed by atoms with Crippen LogP contribution < -0.4 is 4.74 Å². The number of carbonyl (C=O) groups is 2. The van der Waals surface area contributed by atoms with E-state index in [2.05, 4.69) is 17.2 Å². The van der Waals surface area contributed by atoms with Crippen LogP contribution in [0.25, 0.3) is 0 Å². The van der Waals surface area contributed by atoms with Crippen molar-refractivity contribution >= 4 is 23.3 Å². The lowest BCUT2D eigenvalue weighted by Crippen LogP contribution is -2.24. The van der Waals surface area contributed by atoms with Crippen LogP contribution in [-0.4, -0.2) is 22.6 Å². The Bertz CT molecular complexity index is 1010. The van der Waals surface area contributed by atoms with Crippen LogP contribution in [0.2, 0.25) is 0 Å². The van der Waals surface area contributed by atoms with Gasteiger partial charge in [-0.2, -0.15) is 0 Å². The number of fused-ring (bicyclic) bond motifs is 1. The van der Waals surface area contributed by atoms with Crippen molar-refractivity contribution < 1.29 is 24.2 Å². The summed E-state index contributed by atoms with van der Waals surface area (Å²) in [6.07, 6.45) is 2.00. The minimum Gasteiger partial charge on any atom is -0.481 e. The molecule has 0 aromatic heterocycles. The Balaban J connectivity index is 1.92. The van der Waals surface area contributed by atoms with Crippen LogP contribution >= 0.6 is 0 Å². The molecule has 0 fully saturated rings. The van der Waals surface area contributed by atoms with E-state index < -0.39 is 11.6 Å². The number of hydrogen-bond donors (Lipinski definition) is 1. The number of hydrogen-bond acceptors (Lipinski definition) is 6. The van der Waals surface area contributed by atoms with Crippen molar-refractivity contribution in [1.82, 2.24) is 0 Å². The number of nitrogens with zero attached hydrogens (tertiary/aromatic N) is 2. The summed E-state index contributed by atoms with van der Waals surface area (Å²) < 4.78 is 11.7. The fourth-order valence-corrected chi connectivity index (χ4v) is 3.73. The maximum absolute atomic E-state index is 12.3. The second-order valence-electron chi connectivity index (χ2n) is 8.88. The van der Waals surface area contributed by atoms with E-state index in [1.54, 1.807) is 0 Å². The fraction of sp³-hybridized carbons (Fsp3) is 0.440. The molecule has 7 nitrogen and oxygen atoms in total. The van der Waals surface area contributed by atoms with Crippen molar-refractivity contribution in [2.75, 3.05) is 0 Å². The molecule has 7 heteroatoms. The normalized spacial score (nSPS) is 13.1. The van der Waals surface area contributed by atoms with Gasteiger partial charge in [-0.25, -0.2) is 0 Å². The number of benzene rings is 2. The lowest BCUT2D eigenvalue weighted by atomic mass is 9.87. The molecular weight excluding hydrogens is 408 g/mol. The highest BCUT2D eigenvalue weighted by Gasteiger charge is 2.29. The second-order valence-corrected chi connectivity index (χ2v) is 8.88. The Labute approximate surface area is 188 Å². The molecule has 1 aliphatic heterocycles. The van der Waals surface area contributed by atoms with Gasteiger partial charge in [-0.3, -0.25) is 9.59 Å². The zero-order valence-corrected chi connectivity index (χ0v) is 19.1. The zero-order chi connectivity index (χ0) is 23.3. The first-order valence-electron chi connectivity index (χ1n) is 11.0. The Kier molecular flexibility index (Phi) is 7.28. The fourth-order valence-electron chi connectivity index (χ4n) is 3.73. The molecule has 0 saturated carbocycles. The lowest BCUT2D eigenvalue weighted by molar-refractivity contribution is -0.155. The molecule has 2 aromatic rings. The molecule has 0 amide bonds. The SMILES string of the molecule is CCC(CCC(=O)OC(C)(C)C)c1c(Oc2ccccc2)cc(CCC(=O)O)c2c1N=N2. The highest BCUT2D eigenvalue weighted by molar-refractivity contribution is 5.79. The van der Waals surface area contributed by atoms with E-state index in [0.717, 1.165) is 28.9 Å². The van der Waals surface area contributed by atoms with Crippen molar-refractivity contribution in [3.63, 3.8) is 0 Å². The molecule has 1 aliphatic rings. The summed E-state index contributed by atoms with van der Waals surface area (Å²) in [6, 6.07) is 11.3. The van der Waals surface area contributed by atoms with E-state index in [0.29, 0.717) is 24.3 Å². The van der Waals surface area contributed by atoms with E-state index in [1.165, 1.54) is 0 Å². The van der Waals surface area contributed by atoms with Crippen LogP contribution in [0.5, 0.6) is 11.5 Å². The summed E-state index contributed by atoms with van der Waals surface area (Å²) in [7, 11) is 0. The van der Waals surface area contributed by atoms with E-state index in [9.17, 15) is 9.59 Å². The van der Waals surface area contributed by atoms with Crippen LogP contribution in [-0.2, 0) is 20.7 Å². The molecule has 0 aliphatic carbocycles. The number of ether oxygens (including phenoxy) is 2. The third-order valence-electron chi connectivity index (χ3n) is 5.20. The first kappa shape index (κ1) is 23.4. The highest BCUT2D eigenvalue weighted by Crippen LogP contribution is 2.52. The van der Waals surface area contributed by atoms with Crippen molar-refractivity contribution in [3.05, 3.63) is 47.5 Å². The summed E-state index contributed by atoms with van der Waals surface area (Å²) in [6.45, 7) is 7.62. The van der Waals surface area contributed by atoms with Gasteiger partial charge < -0.3 is 14.6 Å². The van der Waals surface area contributed by atoms with Gasteiger partial charge in [-0.15, -0.1) is 10.2 Å². The molecule has 0 spiro atoms. The first-order chi connectivity index (χ1) is 15.2. The summed E-state index contributed by atoms with van der Waals surface area (Å²) in [5.74, 6) is 0.220. The van der Waals surface area contributed by atoms with Gasteiger partial charge in [0, 0.05) is 18.4 Å². The molecule has 3 rings (SSSR count). The maximum Gasteiger partial charge on any atom is 0.306 e. The molecule has 0 bridgehead atoms. The summed E-state index contributed by atoms with van der Waals surface area (Å²) in [5, 5.41) is 17.5. The molecular formula is C25H30N2O5. The average Bonchev–Trinajstić information content (AvgIpc) is 2.68. The molecule has 2 aromatic carbocycles. The number of esters is 1. The molecule has 0 radical (unpaired) electrons. The number of aryl methyl sites for hydroxylation is 1. The molecule has 0 saturated heterocycles. The summed E-state index contributed by atoms with van der Waals surface area (Å²) >= 11 is 0. The van der Waals surface area contributed by atoms with Crippen LogP contribution in [0.15, 0.2) is 46.6 Å². The van der Waals surface area contributed by atoms with Crippen LogP contribution in [0.1, 0.15) is 70.4 Å². The third-order valence-corrected chi connectivity index (χ3v) is 5.20. The molecule has 1 heterocycles. The van der Waals surface area contributed by atoms with Crippen molar-refractivity contribution in [2.24, 2.45) is 10.2 Å². The van der Waals surface area contributed by atoms with Gasteiger partial charge in [0.15, 0.2) is 0 Å². The molecule has 1 unspecified atom stereocenters. The lowest BCUT2D eigenvalue weighted by Gasteiger charge is -2.26. The predicted octanol–water partition coefficient (Wildman–Crippen LogP) is 6.84. The molecule has 32 heavy (non-hydrogen) atoms. The number of carboxylic acids is 1. The monoisotopic (exact) mass is 438 g/mol. The highest BCUT2D eigenvalue weighted by atomic mass is 16.6. The summed E-state index contributed by atoms with van der Waals surface area (Å²) in [5.41, 5.74) is 2.63. The van der Waals surface area contributed by atoms with E-state index >= 15 is 0 Å². The van der Waals surface area contributed by atoms with Crippen LogP contribution in [0.3, 0.4) is 0 Å². The third kappa shape index (κ3) is 5.93. The number of azo groups is 1. The second kappa shape index (κ2) is 9.94. The topological polar surface area (TPSA) is 97.5 Å². The van der Waals surface area contributed by atoms with Gasteiger partial charge in [0.05, 0.1) is 0 Å². The van der Waals surface area contributed by atoms with Crippen LogP contribution in [0, 0.1) is 0 Å². The summed E-state index contributed by atoms with van der Waals surface area (Å²) in [4.78, 5) is 23.4. The molecule has 1 atom stereocenters. The van der Waals surface area contributed by atoms with Crippen molar-refractivity contribution in [3.8, 4) is 11.5 Å². The zero-order valence-electron chi connectivity index (χ0n) is 19.1. The van der Waals surface area contributed by atoms with Crippen molar-refractivity contribution in [1.29, 1.82) is 0 Å². The van der Waals surface area contributed by atoms with Gasteiger partial charge in [-0.1, -0.05) is 25.1 Å². The molecule has 170 valence electrons. The van der Waals surface area contributed by atoms with E-state index in [4.69, 9.17) is 14.6 Å². The minimum absolute atomic E-state index is 0.00192. The van der Waals surface area contributed by atoms with Gasteiger partial charge >= 0.3 is 11.9 Å².